The highest BCUT2D eigenvalue weighted by atomic mass is 79.9. The van der Waals surface area contributed by atoms with E-state index in [1.165, 1.54) is 0 Å². The number of hydrogen-bond acceptors (Lipinski definition) is 4. The molecule has 0 aliphatic carbocycles. The van der Waals surface area contributed by atoms with Gasteiger partial charge in [0.05, 0.1) is 0 Å². The molecule has 23 heavy (non-hydrogen) atoms. The van der Waals surface area contributed by atoms with Gasteiger partial charge in [0, 0.05) is 36.3 Å². The van der Waals surface area contributed by atoms with E-state index in [0.29, 0.717) is 0 Å². The van der Waals surface area contributed by atoms with Crippen LogP contribution in [-0.4, -0.2) is 23.6 Å². The van der Waals surface area contributed by atoms with E-state index in [-0.39, 0.29) is 5.97 Å². The number of hydrogen-bond donors (Lipinski definition) is 1. The molecule has 1 heterocycles. The van der Waals surface area contributed by atoms with Gasteiger partial charge >= 0.3 is 5.97 Å². The zero-order chi connectivity index (χ0) is 17.6. The Hall–Kier alpha value is -1.36. The molecule has 0 bridgehead atoms. The fraction of sp³-hybridized carbons (Fsp3) is 0.556. The maximum atomic E-state index is 12.3. The van der Waals surface area contributed by atoms with Crippen LogP contribution in [-0.2, 0) is 9.53 Å². The summed E-state index contributed by atoms with van der Waals surface area (Å²) < 4.78 is 5.46. The predicted molar refractivity (Wildman–Crippen MR) is 99.9 cm³/mol. The number of rotatable bonds is 6. The van der Waals surface area contributed by atoms with Crippen LogP contribution in [0.2, 0.25) is 0 Å². The van der Waals surface area contributed by atoms with Crippen molar-refractivity contribution in [3.63, 3.8) is 0 Å². The molecule has 0 aromatic carbocycles. The van der Waals surface area contributed by atoms with Crippen molar-refractivity contribution < 1.29 is 9.53 Å². The standard InChI is InChI=1S/C18H27BrN2O2/c1-7-8-9-12(2)13-10-21-11-14(16(13)20-6)15(19)17(22)23-18(3,4)5/h9-11,15H,7-8H2,1-6H3,(H,20,21)/b12-9-. The molecule has 0 amide bonds. The third kappa shape index (κ3) is 5.65. The molecule has 1 rings (SSSR count). The second-order valence-corrected chi connectivity index (χ2v) is 7.39. The molecule has 1 aromatic rings. The van der Waals surface area contributed by atoms with Crippen molar-refractivity contribution in [1.29, 1.82) is 0 Å². The van der Waals surface area contributed by atoms with Crippen LogP contribution in [0.3, 0.4) is 0 Å². The molecule has 0 spiro atoms. The second-order valence-electron chi connectivity index (χ2n) is 6.47. The van der Waals surface area contributed by atoms with Crippen molar-refractivity contribution in [3.8, 4) is 0 Å². The molecule has 4 nitrogen and oxygen atoms in total. The van der Waals surface area contributed by atoms with Crippen molar-refractivity contribution in [2.24, 2.45) is 0 Å². The number of unbranched alkanes of at least 4 members (excludes halogenated alkanes) is 1. The molecule has 0 aliphatic rings. The number of alkyl halides is 1. The van der Waals surface area contributed by atoms with Crippen LogP contribution in [0.1, 0.15) is 63.4 Å². The highest BCUT2D eigenvalue weighted by Gasteiger charge is 2.27. The minimum atomic E-state index is -0.560. The summed E-state index contributed by atoms with van der Waals surface area (Å²) in [6.45, 7) is 9.78. The first-order valence-corrected chi connectivity index (χ1v) is 8.82. The Bertz CT molecular complexity index is 577. The van der Waals surface area contributed by atoms with Crippen LogP contribution < -0.4 is 5.32 Å². The Balaban J connectivity index is 3.20. The van der Waals surface area contributed by atoms with Gasteiger partial charge in [0.25, 0.3) is 0 Å². The smallest absolute Gasteiger partial charge is 0.324 e. The molecular formula is C18H27BrN2O2. The molecule has 1 atom stereocenters. The monoisotopic (exact) mass is 382 g/mol. The number of nitrogens with one attached hydrogen (secondary N) is 1. The zero-order valence-electron chi connectivity index (χ0n) is 14.9. The van der Waals surface area contributed by atoms with E-state index in [0.717, 1.165) is 35.2 Å². The summed E-state index contributed by atoms with van der Waals surface area (Å²) in [5.74, 6) is -0.317. The first kappa shape index (κ1) is 19.7. The Morgan fingerprint density at radius 1 is 1.43 bits per heavy atom. The van der Waals surface area contributed by atoms with Crippen molar-refractivity contribution in [2.75, 3.05) is 12.4 Å². The lowest BCUT2D eigenvalue weighted by atomic mass is 10.0. The number of esters is 1. The molecule has 0 fully saturated rings. The van der Waals surface area contributed by atoms with Gasteiger partial charge in [-0.3, -0.25) is 9.78 Å². The fourth-order valence-electron chi connectivity index (χ4n) is 2.20. The number of carbonyl (C=O) groups is 1. The molecule has 0 radical (unpaired) electrons. The maximum Gasteiger partial charge on any atom is 0.324 e. The Labute approximate surface area is 147 Å². The summed E-state index contributed by atoms with van der Waals surface area (Å²) in [7, 11) is 1.85. The molecule has 5 heteroatoms. The van der Waals surface area contributed by atoms with Gasteiger partial charge in [0.2, 0.25) is 0 Å². The summed E-state index contributed by atoms with van der Waals surface area (Å²) in [5, 5.41) is 3.20. The normalized spacial score (nSPS) is 13.6. The van der Waals surface area contributed by atoms with Gasteiger partial charge in [-0.05, 0) is 39.7 Å². The lowest BCUT2D eigenvalue weighted by Crippen LogP contribution is -2.26. The number of anilines is 1. The topological polar surface area (TPSA) is 51.2 Å². The number of pyridine rings is 1. The molecule has 1 aromatic heterocycles. The molecule has 0 saturated carbocycles. The molecule has 128 valence electrons. The summed E-state index contributed by atoms with van der Waals surface area (Å²) >= 11 is 3.46. The van der Waals surface area contributed by atoms with Crippen molar-refractivity contribution in [2.45, 2.75) is 57.9 Å². The highest BCUT2D eigenvalue weighted by molar-refractivity contribution is 9.09. The van der Waals surface area contributed by atoms with Crippen LogP contribution in [0.15, 0.2) is 18.5 Å². The van der Waals surface area contributed by atoms with Crippen LogP contribution in [0.25, 0.3) is 5.57 Å². The average molecular weight is 383 g/mol. The van der Waals surface area contributed by atoms with E-state index in [4.69, 9.17) is 4.74 Å². The molecule has 1 unspecified atom stereocenters. The lowest BCUT2D eigenvalue weighted by Gasteiger charge is -2.23. The van der Waals surface area contributed by atoms with Gasteiger partial charge in [-0.25, -0.2) is 0 Å². The SMILES string of the molecule is CCC/C=C(/C)c1cncc(C(Br)C(=O)OC(C)(C)C)c1NC. The van der Waals surface area contributed by atoms with Gasteiger partial charge in [0.1, 0.15) is 10.4 Å². The minimum absolute atomic E-state index is 0.317. The van der Waals surface area contributed by atoms with Crippen molar-refractivity contribution in [3.05, 3.63) is 29.6 Å². The van der Waals surface area contributed by atoms with E-state index in [1.54, 1.807) is 6.20 Å². The van der Waals surface area contributed by atoms with Crippen LogP contribution in [0.5, 0.6) is 0 Å². The number of ether oxygens (including phenoxy) is 1. The van der Waals surface area contributed by atoms with Gasteiger partial charge in [0.15, 0.2) is 0 Å². The third-order valence-corrected chi connectivity index (χ3v) is 4.14. The third-order valence-electron chi connectivity index (χ3n) is 3.28. The van der Waals surface area contributed by atoms with E-state index < -0.39 is 10.4 Å². The maximum absolute atomic E-state index is 12.3. The Morgan fingerprint density at radius 3 is 2.61 bits per heavy atom. The summed E-state index contributed by atoms with van der Waals surface area (Å²) in [5.41, 5.74) is 3.31. The van der Waals surface area contributed by atoms with Gasteiger partial charge in [-0.2, -0.15) is 0 Å². The first-order chi connectivity index (χ1) is 10.7. The predicted octanol–water partition coefficient (Wildman–Crippen LogP) is 5.10. The Kier molecular flexibility index (Phi) is 7.26. The first-order valence-electron chi connectivity index (χ1n) is 7.91. The number of nitrogens with zero attached hydrogens (tertiary/aromatic N) is 1. The van der Waals surface area contributed by atoms with E-state index in [1.807, 2.05) is 34.0 Å². The number of aromatic nitrogens is 1. The van der Waals surface area contributed by atoms with Crippen LogP contribution in [0, 0.1) is 0 Å². The zero-order valence-corrected chi connectivity index (χ0v) is 16.5. The number of halogens is 1. The summed E-state index contributed by atoms with van der Waals surface area (Å²) in [4.78, 5) is 16.1. The number of carbonyl (C=O) groups excluding carboxylic acids is 1. The van der Waals surface area contributed by atoms with Crippen LogP contribution >= 0.6 is 15.9 Å². The second kappa shape index (κ2) is 8.48. The fourth-order valence-corrected chi connectivity index (χ4v) is 2.64. The quantitative estimate of drug-likeness (QED) is 0.548. The van der Waals surface area contributed by atoms with Crippen molar-refractivity contribution >= 4 is 33.2 Å². The molecule has 1 N–H and O–H groups in total. The number of allylic oxidation sites excluding steroid dienone is 2. The van der Waals surface area contributed by atoms with Crippen LogP contribution in [0.4, 0.5) is 5.69 Å². The average Bonchev–Trinajstić information content (AvgIpc) is 2.49. The highest BCUT2D eigenvalue weighted by Crippen LogP contribution is 2.35. The lowest BCUT2D eigenvalue weighted by molar-refractivity contribution is -0.154. The molecule has 0 saturated heterocycles. The van der Waals surface area contributed by atoms with Gasteiger partial charge in [-0.15, -0.1) is 0 Å². The minimum Gasteiger partial charge on any atom is -0.459 e. The van der Waals surface area contributed by atoms with E-state index >= 15 is 0 Å². The summed E-state index contributed by atoms with van der Waals surface area (Å²) in [6.07, 6.45) is 7.83. The molecule has 0 aliphatic heterocycles. The van der Waals surface area contributed by atoms with Gasteiger partial charge < -0.3 is 10.1 Å². The van der Waals surface area contributed by atoms with E-state index in [9.17, 15) is 4.79 Å². The molecular weight excluding hydrogens is 356 g/mol. The summed E-state index contributed by atoms with van der Waals surface area (Å²) in [6, 6.07) is 0. The van der Waals surface area contributed by atoms with Crippen molar-refractivity contribution in [1.82, 2.24) is 4.98 Å². The Morgan fingerprint density at radius 2 is 2.09 bits per heavy atom. The van der Waals surface area contributed by atoms with E-state index in [2.05, 4.69) is 46.2 Å². The largest absolute Gasteiger partial charge is 0.459 e. The van der Waals surface area contributed by atoms with Gasteiger partial charge in [-0.1, -0.05) is 35.4 Å².